The molecule has 2 N–H and O–H groups in total. The minimum atomic E-state index is -3.33. The van der Waals surface area contributed by atoms with Gasteiger partial charge in [0.2, 0.25) is 0 Å². The number of aliphatic carboxylic acids is 1. The fourth-order valence-electron chi connectivity index (χ4n) is 1.13. The zero-order valence-corrected chi connectivity index (χ0v) is 7.73. The van der Waals surface area contributed by atoms with E-state index in [2.05, 4.69) is 0 Å². The van der Waals surface area contributed by atoms with E-state index in [0.29, 0.717) is 0 Å². The van der Waals surface area contributed by atoms with Crippen molar-refractivity contribution in [1.29, 1.82) is 0 Å². The SMILES string of the molecule is O=C(O)C(O)CC(F)(F)c1ccccc1. The zero-order valence-electron chi connectivity index (χ0n) is 7.73. The van der Waals surface area contributed by atoms with Gasteiger partial charge in [0.25, 0.3) is 5.92 Å². The molecular weight excluding hydrogens is 206 g/mol. The second-order valence-corrected chi connectivity index (χ2v) is 3.13. The second-order valence-electron chi connectivity index (χ2n) is 3.13. The van der Waals surface area contributed by atoms with Gasteiger partial charge in [-0.25, -0.2) is 13.6 Å². The van der Waals surface area contributed by atoms with Crippen LogP contribution in [-0.4, -0.2) is 22.3 Å². The Kier molecular flexibility index (Phi) is 3.36. The maximum atomic E-state index is 13.3. The number of carboxylic acid groups (broad SMARTS) is 1. The standard InChI is InChI=1S/C10H10F2O3/c11-10(12,6-8(13)9(14)15)7-4-2-1-3-5-7/h1-5,8,13H,6H2,(H,14,15). The first-order chi connectivity index (χ1) is 6.93. The van der Waals surface area contributed by atoms with E-state index >= 15 is 0 Å². The van der Waals surface area contributed by atoms with Crippen molar-refractivity contribution >= 4 is 5.97 Å². The summed E-state index contributed by atoms with van der Waals surface area (Å²) in [5.74, 6) is -4.98. The first-order valence-electron chi connectivity index (χ1n) is 4.28. The average molecular weight is 216 g/mol. The van der Waals surface area contributed by atoms with Crippen molar-refractivity contribution in [3.05, 3.63) is 35.9 Å². The number of benzene rings is 1. The smallest absolute Gasteiger partial charge is 0.332 e. The Labute approximate surface area is 85.0 Å². The quantitative estimate of drug-likeness (QED) is 0.803. The lowest BCUT2D eigenvalue weighted by molar-refractivity contribution is -0.152. The van der Waals surface area contributed by atoms with Crippen molar-refractivity contribution in [1.82, 2.24) is 0 Å². The number of aliphatic hydroxyl groups excluding tert-OH is 1. The highest BCUT2D eigenvalue weighted by molar-refractivity contribution is 5.72. The number of carboxylic acids is 1. The third-order valence-electron chi connectivity index (χ3n) is 1.93. The topological polar surface area (TPSA) is 57.5 Å². The Hall–Kier alpha value is -1.49. The Morgan fingerprint density at radius 2 is 1.87 bits per heavy atom. The third kappa shape index (κ3) is 2.99. The number of carbonyl (C=O) groups is 1. The molecule has 1 aromatic rings. The average Bonchev–Trinajstić information content (AvgIpc) is 2.18. The van der Waals surface area contributed by atoms with Crippen LogP contribution in [0, 0.1) is 0 Å². The van der Waals surface area contributed by atoms with Gasteiger partial charge in [-0.05, 0) is 0 Å². The molecule has 15 heavy (non-hydrogen) atoms. The molecule has 0 saturated heterocycles. The summed E-state index contributed by atoms with van der Waals surface area (Å²) in [6, 6.07) is 6.81. The van der Waals surface area contributed by atoms with Gasteiger partial charge in [-0.15, -0.1) is 0 Å². The van der Waals surface area contributed by atoms with Crippen LogP contribution in [-0.2, 0) is 10.7 Å². The highest BCUT2D eigenvalue weighted by atomic mass is 19.3. The van der Waals surface area contributed by atoms with Crippen LogP contribution < -0.4 is 0 Å². The predicted octanol–water partition coefficient (Wildman–Crippen LogP) is 1.61. The Balaban J connectivity index is 2.80. The van der Waals surface area contributed by atoms with Gasteiger partial charge in [0.1, 0.15) is 0 Å². The Morgan fingerprint density at radius 1 is 1.33 bits per heavy atom. The van der Waals surface area contributed by atoms with Crippen LogP contribution in [0.15, 0.2) is 30.3 Å². The molecule has 1 unspecified atom stereocenters. The van der Waals surface area contributed by atoms with E-state index in [0.717, 1.165) is 0 Å². The molecule has 0 saturated carbocycles. The molecule has 3 nitrogen and oxygen atoms in total. The molecule has 0 aromatic heterocycles. The van der Waals surface area contributed by atoms with Crippen LogP contribution in [0.4, 0.5) is 8.78 Å². The summed E-state index contributed by atoms with van der Waals surface area (Å²) < 4.78 is 26.7. The van der Waals surface area contributed by atoms with Gasteiger partial charge < -0.3 is 10.2 Å². The van der Waals surface area contributed by atoms with Crippen molar-refractivity contribution in [3.63, 3.8) is 0 Å². The summed E-state index contributed by atoms with van der Waals surface area (Å²) in [6.07, 6.45) is -3.17. The van der Waals surface area contributed by atoms with Crippen LogP contribution in [0.2, 0.25) is 0 Å². The largest absolute Gasteiger partial charge is 0.479 e. The summed E-state index contributed by atoms with van der Waals surface area (Å²) in [5.41, 5.74) is -0.301. The van der Waals surface area contributed by atoms with Crippen LogP contribution >= 0.6 is 0 Å². The predicted molar refractivity (Wildman–Crippen MR) is 48.6 cm³/mol. The highest BCUT2D eigenvalue weighted by Gasteiger charge is 2.36. The van der Waals surface area contributed by atoms with Gasteiger partial charge in [-0.2, -0.15) is 0 Å². The van der Waals surface area contributed by atoms with E-state index in [-0.39, 0.29) is 5.56 Å². The Bertz CT molecular complexity index is 338. The van der Waals surface area contributed by atoms with Crippen LogP contribution in [0.1, 0.15) is 12.0 Å². The molecule has 0 amide bonds. The van der Waals surface area contributed by atoms with E-state index in [9.17, 15) is 13.6 Å². The van der Waals surface area contributed by atoms with Gasteiger partial charge in [-0.3, -0.25) is 0 Å². The van der Waals surface area contributed by atoms with Crippen LogP contribution in [0.3, 0.4) is 0 Å². The number of rotatable bonds is 4. The normalized spacial score (nSPS) is 13.5. The fourth-order valence-corrected chi connectivity index (χ4v) is 1.13. The van der Waals surface area contributed by atoms with Crippen molar-refractivity contribution in [2.45, 2.75) is 18.4 Å². The lowest BCUT2D eigenvalue weighted by atomic mass is 10.0. The van der Waals surface area contributed by atoms with Gasteiger partial charge in [0.05, 0.1) is 6.42 Å². The molecule has 1 atom stereocenters. The molecule has 0 aliphatic heterocycles. The van der Waals surface area contributed by atoms with Gasteiger partial charge in [-0.1, -0.05) is 30.3 Å². The minimum Gasteiger partial charge on any atom is -0.479 e. The number of hydrogen-bond acceptors (Lipinski definition) is 2. The van der Waals surface area contributed by atoms with Crippen molar-refractivity contribution < 1.29 is 23.8 Å². The molecule has 1 rings (SSSR count). The molecule has 0 bridgehead atoms. The molecular formula is C10H10F2O3. The fraction of sp³-hybridized carbons (Fsp3) is 0.300. The first-order valence-corrected chi connectivity index (χ1v) is 4.28. The maximum Gasteiger partial charge on any atom is 0.332 e. The lowest BCUT2D eigenvalue weighted by Crippen LogP contribution is -2.28. The van der Waals surface area contributed by atoms with E-state index in [1.165, 1.54) is 24.3 Å². The summed E-state index contributed by atoms with van der Waals surface area (Å²) in [6.45, 7) is 0. The number of aliphatic hydroxyl groups is 1. The van der Waals surface area contributed by atoms with E-state index in [4.69, 9.17) is 10.2 Å². The van der Waals surface area contributed by atoms with Crippen molar-refractivity contribution in [2.24, 2.45) is 0 Å². The van der Waals surface area contributed by atoms with Crippen LogP contribution in [0.5, 0.6) is 0 Å². The first kappa shape index (κ1) is 11.6. The molecule has 0 fully saturated rings. The zero-order chi connectivity index (χ0) is 11.5. The summed E-state index contributed by atoms with van der Waals surface area (Å²) in [4.78, 5) is 10.2. The third-order valence-corrected chi connectivity index (χ3v) is 1.93. The van der Waals surface area contributed by atoms with Gasteiger partial charge in [0.15, 0.2) is 6.10 Å². The molecule has 0 radical (unpaired) electrons. The number of hydrogen-bond donors (Lipinski definition) is 2. The number of halogens is 2. The summed E-state index contributed by atoms with van der Waals surface area (Å²) >= 11 is 0. The molecule has 1 aromatic carbocycles. The minimum absolute atomic E-state index is 0.301. The molecule has 0 aliphatic rings. The van der Waals surface area contributed by atoms with Crippen LogP contribution in [0.25, 0.3) is 0 Å². The summed E-state index contributed by atoms with van der Waals surface area (Å²) in [5, 5.41) is 17.2. The maximum absolute atomic E-state index is 13.3. The molecule has 82 valence electrons. The lowest BCUT2D eigenvalue weighted by Gasteiger charge is -2.18. The highest BCUT2D eigenvalue weighted by Crippen LogP contribution is 2.32. The Morgan fingerprint density at radius 3 is 2.33 bits per heavy atom. The van der Waals surface area contributed by atoms with E-state index in [1.54, 1.807) is 6.07 Å². The molecule has 5 heteroatoms. The van der Waals surface area contributed by atoms with Crippen molar-refractivity contribution in [2.75, 3.05) is 0 Å². The molecule has 0 aliphatic carbocycles. The molecule has 0 spiro atoms. The van der Waals surface area contributed by atoms with Gasteiger partial charge in [0, 0.05) is 5.56 Å². The van der Waals surface area contributed by atoms with Gasteiger partial charge >= 0.3 is 5.97 Å². The number of alkyl halides is 2. The second kappa shape index (κ2) is 4.35. The van der Waals surface area contributed by atoms with Crippen molar-refractivity contribution in [3.8, 4) is 0 Å². The van der Waals surface area contributed by atoms with E-state index < -0.39 is 24.4 Å². The molecule has 0 heterocycles. The monoisotopic (exact) mass is 216 g/mol. The van der Waals surface area contributed by atoms with E-state index in [1.807, 2.05) is 0 Å². The summed E-state index contributed by atoms with van der Waals surface area (Å²) in [7, 11) is 0.